The van der Waals surface area contributed by atoms with Crippen molar-refractivity contribution in [3.8, 4) is 5.75 Å². The standard InChI is InChI=1S/C13H19NO5S/c1-14(8-11(15)9-18-2)20(16,17)12-3-4-13-10(7-12)5-6-19-13/h3-4,7,11,15H,5-6,8-9H2,1-2H3. The fourth-order valence-corrected chi connectivity index (χ4v) is 3.40. The minimum absolute atomic E-state index is 0.0102. The number of aliphatic hydroxyl groups is 1. The van der Waals surface area contributed by atoms with E-state index in [1.807, 2.05) is 0 Å². The summed E-state index contributed by atoms with van der Waals surface area (Å²) in [5.41, 5.74) is 0.900. The summed E-state index contributed by atoms with van der Waals surface area (Å²) in [7, 11) is -0.713. The van der Waals surface area contributed by atoms with E-state index < -0.39 is 16.1 Å². The van der Waals surface area contributed by atoms with Crippen molar-refractivity contribution in [2.45, 2.75) is 17.4 Å². The highest BCUT2D eigenvalue weighted by molar-refractivity contribution is 7.89. The van der Waals surface area contributed by atoms with Gasteiger partial charge in [0.05, 0.1) is 24.2 Å². The van der Waals surface area contributed by atoms with Crippen molar-refractivity contribution >= 4 is 10.0 Å². The third kappa shape index (κ3) is 3.12. The summed E-state index contributed by atoms with van der Waals surface area (Å²) in [6, 6.07) is 4.84. The molecule has 0 amide bonds. The van der Waals surface area contributed by atoms with Gasteiger partial charge in [-0.1, -0.05) is 0 Å². The van der Waals surface area contributed by atoms with Crippen LogP contribution in [0.2, 0.25) is 0 Å². The second kappa shape index (κ2) is 6.09. The SMILES string of the molecule is COCC(O)CN(C)S(=O)(=O)c1ccc2c(c1)CCO2. The molecule has 0 saturated heterocycles. The van der Waals surface area contributed by atoms with Gasteiger partial charge in [-0.25, -0.2) is 8.42 Å². The van der Waals surface area contributed by atoms with Gasteiger partial charge in [0.2, 0.25) is 10.0 Å². The molecule has 0 aromatic heterocycles. The molecule has 0 bridgehead atoms. The first-order valence-electron chi connectivity index (χ1n) is 6.34. The highest BCUT2D eigenvalue weighted by Gasteiger charge is 2.25. The highest BCUT2D eigenvalue weighted by Crippen LogP contribution is 2.28. The van der Waals surface area contributed by atoms with Gasteiger partial charge in [-0.3, -0.25) is 0 Å². The van der Waals surface area contributed by atoms with E-state index in [9.17, 15) is 13.5 Å². The van der Waals surface area contributed by atoms with Gasteiger partial charge in [0.15, 0.2) is 0 Å². The lowest BCUT2D eigenvalue weighted by Gasteiger charge is -2.20. The quantitative estimate of drug-likeness (QED) is 0.815. The number of ether oxygens (including phenoxy) is 2. The predicted octanol–water partition coefficient (Wildman–Crippen LogP) is 0.249. The molecule has 20 heavy (non-hydrogen) atoms. The van der Waals surface area contributed by atoms with E-state index in [4.69, 9.17) is 9.47 Å². The van der Waals surface area contributed by atoms with Crippen molar-refractivity contribution in [3.05, 3.63) is 23.8 Å². The molecule has 1 aliphatic rings. The summed E-state index contributed by atoms with van der Waals surface area (Å²) >= 11 is 0. The monoisotopic (exact) mass is 301 g/mol. The van der Waals surface area contributed by atoms with Gasteiger partial charge >= 0.3 is 0 Å². The molecule has 1 heterocycles. The molecule has 1 atom stereocenters. The minimum atomic E-state index is -3.61. The molecule has 7 heteroatoms. The van der Waals surface area contributed by atoms with Gasteiger partial charge in [-0.05, 0) is 23.8 Å². The number of methoxy groups -OCH3 is 1. The number of likely N-dealkylation sites (N-methyl/N-ethyl adjacent to an activating group) is 1. The normalized spacial score (nSPS) is 16.0. The van der Waals surface area contributed by atoms with Crippen LogP contribution in [0.5, 0.6) is 5.75 Å². The Morgan fingerprint density at radius 2 is 2.25 bits per heavy atom. The Kier molecular flexibility index (Phi) is 4.64. The number of fused-ring (bicyclic) bond motifs is 1. The Morgan fingerprint density at radius 3 is 2.95 bits per heavy atom. The van der Waals surface area contributed by atoms with Crippen LogP contribution in [-0.4, -0.2) is 57.8 Å². The number of rotatable bonds is 6. The number of aliphatic hydroxyl groups excluding tert-OH is 1. The zero-order valence-corrected chi connectivity index (χ0v) is 12.4. The number of nitrogens with zero attached hydrogens (tertiary/aromatic N) is 1. The maximum absolute atomic E-state index is 12.4. The molecule has 0 aliphatic carbocycles. The molecule has 1 aromatic rings. The fraction of sp³-hybridized carbons (Fsp3) is 0.538. The van der Waals surface area contributed by atoms with Crippen molar-refractivity contribution in [1.29, 1.82) is 0 Å². The van der Waals surface area contributed by atoms with Gasteiger partial charge in [0.1, 0.15) is 5.75 Å². The van der Waals surface area contributed by atoms with Crippen LogP contribution in [-0.2, 0) is 21.2 Å². The molecular formula is C13H19NO5S. The summed E-state index contributed by atoms with van der Waals surface area (Å²) in [6.45, 7) is 0.670. The molecule has 0 radical (unpaired) electrons. The van der Waals surface area contributed by atoms with Crippen molar-refractivity contribution in [2.75, 3.05) is 33.9 Å². The lowest BCUT2D eigenvalue weighted by atomic mass is 10.2. The topological polar surface area (TPSA) is 76.1 Å². The summed E-state index contributed by atoms with van der Waals surface area (Å²) < 4.78 is 36.1. The maximum Gasteiger partial charge on any atom is 0.242 e. The lowest BCUT2D eigenvalue weighted by Crippen LogP contribution is -2.36. The summed E-state index contributed by atoms with van der Waals surface area (Å²) in [6.07, 6.45) is -0.133. The van der Waals surface area contributed by atoms with Crippen LogP contribution >= 0.6 is 0 Å². The van der Waals surface area contributed by atoms with E-state index in [1.165, 1.54) is 20.2 Å². The molecule has 0 fully saturated rings. The third-order valence-corrected chi connectivity index (χ3v) is 5.02. The third-order valence-electron chi connectivity index (χ3n) is 3.20. The first kappa shape index (κ1) is 15.2. The van der Waals surface area contributed by atoms with Crippen LogP contribution in [0.3, 0.4) is 0 Å². The number of sulfonamides is 1. The lowest BCUT2D eigenvalue weighted by molar-refractivity contribution is 0.0554. The molecule has 1 aromatic carbocycles. The van der Waals surface area contributed by atoms with Crippen molar-refractivity contribution < 1.29 is 23.0 Å². The van der Waals surface area contributed by atoms with E-state index in [-0.39, 0.29) is 18.0 Å². The van der Waals surface area contributed by atoms with Crippen LogP contribution in [0.1, 0.15) is 5.56 Å². The van der Waals surface area contributed by atoms with Gasteiger partial charge in [0.25, 0.3) is 0 Å². The highest BCUT2D eigenvalue weighted by atomic mass is 32.2. The fourth-order valence-electron chi connectivity index (χ4n) is 2.14. The van der Waals surface area contributed by atoms with Crippen LogP contribution in [0.4, 0.5) is 0 Å². The van der Waals surface area contributed by atoms with E-state index in [0.717, 1.165) is 15.6 Å². The number of hydrogen-bond donors (Lipinski definition) is 1. The van der Waals surface area contributed by atoms with Crippen LogP contribution < -0.4 is 4.74 Å². The molecule has 1 N–H and O–H groups in total. The number of hydrogen-bond acceptors (Lipinski definition) is 5. The molecule has 2 rings (SSSR count). The first-order valence-corrected chi connectivity index (χ1v) is 7.78. The molecule has 112 valence electrons. The zero-order chi connectivity index (χ0) is 14.8. The van der Waals surface area contributed by atoms with E-state index in [0.29, 0.717) is 13.0 Å². The molecule has 1 unspecified atom stereocenters. The Morgan fingerprint density at radius 1 is 1.50 bits per heavy atom. The predicted molar refractivity (Wildman–Crippen MR) is 73.3 cm³/mol. The Bertz CT molecular complexity index is 572. The van der Waals surface area contributed by atoms with E-state index >= 15 is 0 Å². The summed E-state index contributed by atoms with van der Waals surface area (Å²) in [5, 5.41) is 9.63. The van der Waals surface area contributed by atoms with Crippen molar-refractivity contribution in [1.82, 2.24) is 4.31 Å². The molecule has 6 nitrogen and oxygen atoms in total. The van der Waals surface area contributed by atoms with Crippen molar-refractivity contribution in [2.24, 2.45) is 0 Å². The smallest absolute Gasteiger partial charge is 0.242 e. The first-order chi connectivity index (χ1) is 9.45. The Labute approximate surface area is 119 Å². The zero-order valence-electron chi connectivity index (χ0n) is 11.6. The van der Waals surface area contributed by atoms with Crippen molar-refractivity contribution in [3.63, 3.8) is 0 Å². The van der Waals surface area contributed by atoms with E-state index in [2.05, 4.69) is 0 Å². The van der Waals surface area contributed by atoms with Gasteiger partial charge in [0, 0.05) is 27.1 Å². The van der Waals surface area contributed by atoms with Crippen LogP contribution in [0.25, 0.3) is 0 Å². The average Bonchev–Trinajstić information content (AvgIpc) is 2.85. The molecular weight excluding hydrogens is 282 g/mol. The van der Waals surface area contributed by atoms with Gasteiger partial charge in [-0.15, -0.1) is 0 Å². The molecule has 0 spiro atoms. The average molecular weight is 301 g/mol. The maximum atomic E-state index is 12.4. The van der Waals surface area contributed by atoms with Crippen LogP contribution in [0, 0.1) is 0 Å². The largest absolute Gasteiger partial charge is 0.493 e. The van der Waals surface area contributed by atoms with E-state index in [1.54, 1.807) is 12.1 Å². The second-order valence-electron chi connectivity index (χ2n) is 4.76. The summed E-state index contributed by atoms with van der Waals surface area (Å²) in [5.74, 6) is 0.742. The van der Waals surface area contributed by atoms with Gasteiger partial charge < -0.3 is 14.6 Å². The minimum Gasteiger partial charge on any atom is -0.493 e. The second-order valence-corrected chi connectivity index (χ2v) is 6.81. The Hall–Kier alpha value is -1.15. The Balaban J connectivity index is 2.17. The molecule has 1 aliphatic heterocycles. The molecule has 0 saturated carbocycles. The number of benzene rings is 1. The summed E-state index contributed by atoms with van der Waals surface area (Å²) in [4.78, 5) is 0.217. The van der Waals surface area contributed by atoms with Crippen LogP contribution in [0.15, 0.2) is 23.1 Å². The van der Waals surface area contributed by atoms with Gasteiger partial charge in [-0.2, -0.15) is 4.31 Å².